The Morgan fingerprint density at radius 3 is 2.42 bits per heavy atom. The number of ether oxygens (including phenoxy) is 1. The number of carbonyl (C=O) groups excluding carboxylic acids is 1. The third kappa shape index (κ3) is 3.19. The van der Waals surface area contributed by atoms with Crippen LogP contribution in [-0.4, -0.2) is 28.9 Å². The van der Waals surface area contributed by atoms with E-state index in [1.807, 2.05) is 13.8 Å². The van der Waals surface area contributed by atoms with Gasteiger partial charge in [0.25, 0.3) is 0 Å². The van der Waals surface area contributed by atoms with Crippen LogP contribution >= 0.6 is 0 Å². The van der Waals surface area contributed by atoms with Crippen molar-refractivity contribution in [1.82, 2.24) is 9.78 Å². The molecule has 0 aliphatic heterocycles. The molecule has 0 aromatic carbocycles. The van der Waals surface area contributed by atoms with E-state index in [0.717, 1.165) is 12.8 Å². The van der Waals surface area contributed by atoms with Gasteiger partial charge in [-0.15, -0.1) is 0 Å². The molecule has 0 saturated carbocycles. The third-order valence-electron chi connectivity index (χ3n) is 3.05. The number of hydrogen-bond acceptors (Lipinski definition) is 5. The Morgan fingerprint density at radius 1 is 1.42 bits per heavy atom. The Bertz CT molecular complexity index is 436. The number of nitrogen functional groups attached to an aromatic ring is 1. The standard InChI is InChI=1S/C13H24N4O2/c1-6-9(7-2)17-11(14)10(13(18)19-5)12(16-17)15-8(3)4/h8-9H,6-7,14H2,1-5H3,(H,15,16). The smallest absolute Gasteiger partial charge is 0.345 e. The highest BCUT2D eigenvalue weighted by molar-refractivity contribution is 5.99. The van der Waals surface area contributed by atoms with Crippen molar-refractivity contribution in [1.29, 1.82) is 0 Å². The maximum Gasteiger partial charge on any atom is 0.345 e. The van der Waals surface area contributed by atoms with Crippen LogP contribution in [0.3, 0.4) is 0 Å². The van der Waals surface area contributed by atoms with Gasteiger partial charge in [-0.2, -0.15) is 5.10 Å². The second kappa shape index (κ2) is 6.45. The Kier molecular flexibility index (Phi) is 5.20. The summed E-state index contributed by atoms with van der Waals surface area (Å²) in [5.41, 5.74) is 6.39. The second-order valence-corrected chi connectivity index (χ2v) is 4.81. The highest BCUT2D eigenvalue weighted by atomic mass is 16.5. The number of nitrogens with zero attached hydrogens (tertiary/aromatic N) is 2. The van der Waals surface area contributed by atoms with E-state index < -0.39 is 5.97 Å². The van der Waals surface area contributed by atoms with E-state index in [-0.39, 0.29) is 12.1 Å². The summed E-state index contributed by atoms with van der Waals surface area (Å²) < 4.78 is 6.51. The van der Waals surface area contributed by atoms with Crippen LogP contribution in [0.4, 0.5) is 11.6 Å². The molecule has 1 aromatic rings. The number of nitrogens with two attached hydrogens (primary N) is 1. The lowest BCUT2D eigenvalue weighted by Gasteiger charge is -2.14. The summed E-state index contributed by atoms with van der Waals surface area (Å²) in [6.45, 7) is 8.10. The van der Waals surface area contributed by atoms with Crippen LogP contribution in [0.15, 0.2) is 0 Å². The predicted molar refractivity (Wildman–Crippen MR) is 76.4 cm³/mol. The van der Waals surface area contributed by atoms with Crippen molar-refractivity contribution in [2.45, 2.75) is 52.6 Å². The average Bonchev–Trinajstić information content (AvgIpc) is 2.67. The molecule has 0 saturated heterocycles. The van der Waals surface area contributed by atoms with E-state index in [0.29, 0.717) is 17.2 Å². The van der Waals surface area contributed by atoms with Crippen molar-refractivity contribution in [3.05, 3.63) is 5.56 Å². The summed E-state index contributed by atoms with van der Waals surface area (Å²) >= 11 is 0. The molecule has 0 aliphatic carbocycles. The first-order valence-corrected chi connectivity index (χ1v) is 6.68. The van der Waals surface area contributed by atoms with Gasteiger partial charge >= 0.3 is 5.97 Å². The van der Waals surface area contributed by atoms with Crippen molar-refractivity contribution < 1.29 is 9.53 Å². The molecule has 0 amide bonds. The van der Waals surface area contributed by atoms with Crippen molar-refractivity contribution in [2.24, 2.45) is 0 Å². The minimum Gasteiger partial charge on any atom is -0.465 e. The summed E-state index contributed by atoms with van der Waals surface area (Å²) in [6.07, 6.45) is 1.81. The van der Waals surface area contributed by atoms with Gasteiger partial charge in [-0.1, -0.05) is 13.8 Å². The first kappa shape index (κ1) is 15.3. The fraction of sp³-hybridized carbons (Fsp3) is 0.692. The molecule has 0 radical (unpaired) electrons. The zero-order valence-corrected chi connectivity index (χ0v) is 12.4. The van der Waals surface area contributed by atoms with Gasteiger partial charge in [0.2, 0.25) is 0 Å². The van der Waals surface area contributed by atoms with Gasteiger partial charge in [-0.3, -0.25) is 0 Å². The molecule has 0 fully saturated rings. The molecule has 1 aromatic heterocycles. The normalized spacial score (nSPS) is 11.1. The molecule has 0 unspecified atom stereocenters. The molecule has 0 aliphatic rings. The lowest BCUT2D eigenvalue weighted by Crippen LogP contribution is -2.14. The zero-order chi connectivity index (χ0) is 14.6. The number of aromatic nitrogens is 2. The van der Waals surface area contributed by atoms with Crippen LogP contribution in [0.5, 0.6) is 0 Å². The summed E-state index contributed by atoms with van der Waals surface area (Å²) in [6, 6.07) is 0.346. The number of anilines is 2. The number of nitrogens with one attached hydrogen (secondary N) is 1. The highest BCUT2D eigenvalue weighted by Crippen LogP contribution is 2.28. The van der Waals surface area contributed by atoms with Gasteiger partial charge in [-0.25, -0.2) is 9.48 Å². The molecule has 0 bridgehead atoms. The molecule has 6 heteroatoms. The van der Waals surface area contributed by atoms with Crippen LogP contribution in [0.25, 0.3) is 0 Å². The largest absolute Gasteiger partial charge is 0.465 e. The molecular formula is C13H24N4O2. The van der Waals surface area contributed by atoms with Crippen molar-refractivity contribution in [3.63, 3.8) is 0 Å². The Balaban J connectivity index is 3.29. The highest BCUT2D eigenvalue weighted by Gasteiger charge is 2.25. The topological polar surface area (TPSA) is 82.2 Å². The second-order valence-electron chi connectivity index (χ2n) is 4.81. The molecule has 108 valence electrons. The Hall–Kier alpha value is -1.72. The van der Waals surface area contributed by atoms with E-state index in [9.17, 15) is 4.79 Å². The van der Waals surface area contributed by atoms with Crippen LogP contribution in [0.1, 0.15) is 56.9 Å². The number of hydrogen-bond donors (Lipinski definition) is 2. The van der Waals surface area contributed by atoms with Crippen molar-refractivity contribution >= 4 is 17.6 Å². The molecular weight excluding hydrogens is 244 g/mol. The monoisotopic (exact) mass is 268 g/mol. The van der Waals surface area contributed by atoms with Crippen molar-refractivity contribution in [3.8, 4) is 0 Å². The SMILES string of the molecule is CCC(CC)n1nc(NC(C)C)c(C(=O)OC)c1N. The Labute approximate surface area is 114 Å². The first-order valence-electron chi connectivity index (χ1n) is 6.68. The molecule has 0 atom stereocenters. The van der Waals surface area contributed by atoms with Gasteiger partial charge < -0.3 is 15.8 Å². The predicted octanol–water partition coefficient (Wildman–Crippen LogP) is 2.43. The summed E-state index contributed by atoms with van der Waals surface area (Å²) in [7, 11) is 1.34. The lowest BCUT2D eigenvalue weighted by atomic mass is 10.2. The van der Waals surface area contributed by atoms with E-state index in [1.165, 1.54) is 7.11 Å². The minimum atomic E-state index is -0.460. The Morgan fingerprint density at radius 2 is 2.00 bits per heavy atom. The molecule has 1 heterocycles. The van der Waals surface area contributed by atoms with Gasteiger partial charge in [0.15, 0.2) is 5.82 Å². The maximum atomic E-state index is 11.9. The fourth-order valence-electron chi connectivity index (χ4n) is 2.04. The van der Waals surface area contributed by atoms with E-state index >= 15 is 0 Å². The van der Waals surface area contributed by atoms with Crippen LogP contribution in [0.2, 0.25) is 0 Å². The van der Waals surface area contributed by atoms with Crippen LogP contribution in [-0.2, 0) is 4.74 Å². The van der Waals surface area contributed by atoms with Gasteiger partial charge in [0.1, 0.15) is 11.4 Å². The molecule has 19 heavy (non-hydrogen) atoms. The number of carbonyl (C=O) groups is 1. The van der Waals surface area contributed by atoms with Gasteiger partial charge in [0, 0.05) is 6.04 Å². The van der Waals surface area contributed by atoms with Crippen molar-refractivity contribution in [2.75, 3.05) is 18.2 Å². The van der Waals surface area contributed by atoms with E-state index in [4.69, 9.17) is 10.5 Å². The average molecular weight is 268 g/mol. The summed E-state index contributed by atoms with van der Waals surface area (Å²) in [5, 5.41) is 7.58. The van der Waals surface area contributed by atoms with E-state index in [2.05, 4.69) is 24.3 Å². The van der Waals surface area contributed by atoms with Gasteiger partial charge in [0.05, 0.1) is 13.2 Å². The summed E-state index contributed by atoms with van der Waals surface area (Å²) in [5.74, 6) is 0.396. The molecule has 0 spiro atoms. The maximum absolute atomic E-state index is 11.9. The van der Waals surface area contributed by atoms with Gasteiger partial charge in [-0.05, 0) is 26.7 Å². The fourth-order valence-corrected chi connectivity index (χ4v) is 2.04. The third-order valence-corrected chi connectivity index (χ3v) is 3.05. The summed E-state index contributed by atoms with van der Waals surface area (Å²) in [4.78, 5) is 11.9. The van der Waals surface area contributed by atoms with Crippen LogP contribution in [0, 0.1) is 0 Å². The zero-order valence-electron chi connectivity index (χ0n) is 12.4. The van der Waals surface area contributed by atoms with E-state index in [1.54, 1.807) is 4.68 Å². The minimum absolute atomic E-state index is 0.160. The molecule has 3 N–H and O–H groups in total. The number of methoxy groups -OCH3 is 1. The van der Waals surface area contributed by atoms with Crippen LogP contribution < -0.4 is 11.1 Å². The number of rotatable bonds is 6. The lowest BCUT2D eigenvalue weighted by molar-refractivity contribution is 0.0603. The molecule has 1 rings (SSSR count). The number of esters is 1. The first-order chi connectivity index (χ1) is 8.96. The molecule has 6 nitrogen and oxygen atoms in total. The quantitative estimate of drug-likeness (QED) is 0.774.